The monoisotopic (exact) mass is 421 g/mol. The molecule has 1 atom stereocenters. The van der Waals surface area contributed by atoms with E-state index in [-0.39, 0.29) is 12.2 Å². The number of aliphatic hydroxyl groups is 1. The molecule has 3 aromatic rings. The molecule has 0 radical (unpaired) electrons. The number of pyridine rings is 1. The lowest BCUT2D eigenvalue weighted by Crippen LogP contribution is -2.49. The van der Waals surface area contributed by atoms with Gasteiger partial charge in [-0.05, 0) is 47.9 Å². The van der Waals surface area contributed by atoms with Gasteiger partial charge in [0.2, 0.25) is 5.56 Å². The fourth-order valence-electron chi connectivity index (χ4n) is 4.02. The summed E-state index contributed by atoms with van der Waals surface area (Å²) >= 11 is 0. The zero-order valence-electron chi connectivity index (χ0n) is 18.3. The molecular weight excluding hydrogens is 390 g/mol. The molecule has 6 heteroatoms. The third kappa shape index (κ3) is 5.46. The fourth-order valence-corrected chi connectivity index (χ4v) is 4.02. The predicted molar refractivity (Wildman–Crippen MR) is 125 cm³/mol. The zero-order chi connectivity index (χ0) is 21.8. The molecule has 0 saturated carbocycles. The van der Waals surface area contributed by atoms with Crippen molar-refractivity contribution in [1.29, 1.82) is 0 Å². The Labute approximate surface area is 183 Å². The van der Waals surface area contributed by atoms with Crippen LogP contribution < -0.4 is 15.2 Å². The van der Waals surface area contributed by atoms with Crippen LogP contribution in [0.4, 0.5) is 5.69 Å². The zero-order valence-corrected chi connectivity index (χ0v) is 18.3. The molecule has 1 saturated heterocycles. The number of aliphatic hydroxyl groups excluding tert-OH is 1. The molecule has 6 nitrogen and oxygen atoms in total. The molecule has 1 aromatic heterocycles. The highest BCUT2D eigenvalue weighted by Crippen LogP contribution is 2.22. The summed E-state index contributed by atoms with van der Waals surface area (Å²) < 4.78 is 5.79. The van der Waals surface area contributed by atoms with Crippen molar-refractivity contribution in [3.63, 3.8) is 0 Å². The molecule has 2 N–H and O–H groups in total. The summed E-state index contributed by atoms with van der Waals surface area (Å²) in [5, 5.41) is 11.4. The first-order valence-electron chi connectivity index (χ1n) is 11.0. The van der Waals surface area contributed by atoms with Gasteiger partial charge >= 0.3 is 0 Å². The number of fused-ring (bicyclic) bond motifs is 1. The van der Waals surface area contributed by atoms with Crippen LogP contribution in [0.15, 0.2) is 59.4 Å². The summed E-state index contributed by atoms with van der Waals surface area (Å²) in [4.78, 5) is 18.9. The third-order valence-corrected chi connectivity index (χ3v) is 5.90. The molecule has 2 aromatic carbocycles. The molecular formula is C25H31N3O3. The number of rotatable bonds is 7. The summed E-state index contributed by atoms with van der Waals surface area (Å²) in [6.45, 7) is 9.02. The minimum atomic E-state index is -0.553. The number of ether oxygens (including phenoxy) is 1. The van der Waals surface area contributed by atoms with Crippen LogP contribution in [0.5, 0.6) is 5.75 Å². The Kier molecular flexibility index (Phi) is 6.59. The number of aromatic nitrogens is 1. The SMILES string of the molecule is CC(C)c1ccc(N2CCN(C[C@H](O)COc3ccc4[nH]c(=O)ccc4c3)CC2)cc1. The van der Waals surface area contributed by atoms with E-state index in [0.29, 0.717) is 18.2 Å². The van der Waals surface area contributed by atoms with E-state index in [4.69, 9.17) is 4.74 Å². The van der Waals surface area contributed by atoms with Gasteiger partial charge in [-0.2, -0.15) is 0 Å². The lowest BCUT2D eigenvalue weighted by Gasteiger charge is -2.37. The second-order valence-electron chi connectivity index (χ2n) is 8.57. The van der Waals surface area contributed by atoms with E-state index in [1.165, 1.54) is 17.3 Å². The second-order valence-corrected chi connectivity index (χ2v) is 8.57. The topological polar surface area (TPSA) is 68.8 Å². The summed E-state index contributed by atoms with van der Waals surface area (Å²) in [6.07, 6.45) is -0.553. The fraction of sp³-hybridized carbons (Fsp3) is 0.400. The average molecular weight is 422 g/mol. The number of hydrogen-bond donors (Lipinski definition) is 2. The first kappa shape index (κ1) is 21.4. The minimum absolute atomic E-state index is 0.121. The van der Waals surface area contributed by atoms with Gasteiger partial charge in [-0.3, -0.25) is 9.69 Å². The third-order valence-electron chi connectivity index (χ3n) is 5.90. The molecule has 0 bridgehead atoms. The van der Waals surface area contributed by atoms with Crippen LogP contribution in [0.25, 0.3) is 10.9 Å². The van der Waals surface area contributed by atoms with Crippen LogP contribution in [-0.2, 0) is 0 Å². The van der Waals surface area contributed by atoms with Crippen molar-refractivity contribution < 1.29 is 9.84 Å². The van der Waals surface area contributed by atoms with E-state index >= 15 is 0 Å². The molecule has 0 spiro atoms. The largest absolute Gasteiger partial charge is 0.491 e. The first-order valence-corrected chi connectivity index (χ1v) is 11.0. The maximum atomic E-state index is 11.4. The number of benzene rings is 2. The Morgan fingerprint density at radius 1 is 1.00 bits per heavy atom. The maximum Gasteiger partial charge on any atom is 0.248 e. The molecule has 2 heterocycles. The van der Waals surface area contributed by atoms with Gasteiger partial charge in [0.25, 0.3) is 0 Å². The number of nitrogens with one attached hydrogen (secondary N) is 1. The van der Waals surface area contributed by atoms with Crippen LogP contribution in [-0.4, -0.2) is 60.4 Å². The molecule has 0 aliphatic carbocycles. The normalized spacial score (nSPS) is 16.1. The number of piperazine rings is 1. The van der Waals surface area contributed by atoms with Gasteiger partial charge in [0, 0.05) is 55.4 Å². The Morgan fingerprint density at radius 2 is 1.74 bits per heavy atom. The van der Waals surface area contributed by atoms with Crippen molar-refractivity contribution in [1.82, 2.24) is 9.88 Å². The Bertz CT molecular complexity index is 1050. The number of anilines is 1. The standard InChI is InChI=1S/C25H31N3O3/c1-18(2)19-3-6-21(7-4-19)28-13-11-27(12-14-28)16-22(29)17-31-23-8-9-24-20(15-23)5-10-25(30)26-24/h3-10,15,18,22,29H,11-14,16-17H2,1-2H3,(H,26,30)/t22-/m0/s1. The van der Waals surface area contributed by atoms with E-state index in [0.717, 1.165) is 37.1 Å². The van der Waals surface area contributed by atoms with E-state index in [2.05, 4.69) is 52.9 Å². The van der Waals surface area contributed by atoms with Crippen molar-refractivity contribution in [3.8, 4) is 5.75 Å². The van der Waals surface area contributed by atoms with Crippen molar-refractivity contribution in [2.45, 2.75) is 25.9 Å². The second kappa shape index (κ2) is 9.54. The molecule has 1 aliphatic heterocycles. The van der Waals surface area contributed by atoms with Crippen LogP contribution in [0.2, 0.25) is 0 Å². The molecule has 4 rings (SSSR count). The number of aromatic amines is 1. The molecule has 1 fully saturated rings. The summed E-state index contributed by atoms with van der Waals surface area (Å²) in [5.74, 6) is 1.24. The highest BCUT2D eigenvalue weighted by atomic mass is 16.5. The Hall–Kier alpha value is -2.83. The Morgan fingerprint density at radius 3 is 2.45 bits per heavy atom. The highest BCUT2D eigenvalue weighted by Gasteiger charge is 2.20. The van der Waals surface area contributed by atoms with E-state index in [1.54, 1.807) is 6.07 Å². The van der Waals surface area contributed by atoms with E-state index in [1.807, 2.05) is 18.2 Å². The molecule has 164 valence electrons. The summed E-state index contributed by atoms with van der Waals surface area (Å²) in [6, 6.07) is 17.7. The molecule has 0 unspecified atom stereocenters. The van der Waals surface area contributed by atoms with Crippen molar-refractivity contribution >= 4 is 16.6 Å². The Balaban J connectivity index is 1.24. The van der Waals surface area contributed by atoms with Crippen LogP contribution in [0, 0.1) is 0 Å². The van der Waals surface area contributed by atoms with Gasteiger partial charge < -0.3 is 19.7 Å². The van der Waals surface area contributed by atoms with Gasteiger partial charge in [0.15, 0.2) is 0 Å². The average Bonchev–Trinajstić information content (AvgIpc) is 2.78. The number of H-pyrrole nitrogens is 1. The number of nitrogens with zero attached hydrogens (tertiary/aromatic N) is 2. The number of hydrogen-bond acceptors (Lipinski definition) is 5. The van der Waals surface area contributed by atoms with Gasteiger partial charge in [-0.25, -0.2) is 0 Å². The lowest BCUT2D eigenvalue weighted by atomic mass is 10.0. The van der Waals surface area contributed by atoms with Crippen molar-refractivity contribution in [2.24, 2.45) is 0 Å². The van der Waals surface area contributed by atoms with E-state index in [9.17, 15) is 9.90 Å². The lowest BCUT2D eigenvalue weighted by molar-refractivity contribution is 0.0663. The van der Waals surface area contributed by atoms with Crippen molar-refractivity contribution in [2.75, 3.05) is 44.2 Å². The predicted octanol–water partition coefficient (Wildman–Crippen LogP) is 3.21. The van der Waals surface area contributed by atoms with Crippen molar-refractivity contribution in [3.05, 3.63) is 70.5 Å². The van der Waals surface area contributed by atoms with E-state index < -0.39 is 6.10 Å². The first-order chi connectivity index (χ1) is 15.0. The molecule has 31 heavy (non-hydrogen) atoms. The van der Waals surface area contributed by atoms with Gasteiger partial charge in [-0.1, -0.05) is 26.0 Å². The van der Waals surface area contributed by atoms with Gasteiger partial charge in [-0.15, -0.1) is 0 Å². The molecule has 1 aliphatic rings. The summed E-state index contributed by atoms with van der Waals surface area (Å²) in [5.41, 5.74) is 3.29. The van der Waals surface area contributed by atoms with Crippen LogP contribution in [0.1, 0.15) is 25.3 Å². The smallest absolute Gasteiger partial charge is 0.248 e. The quantitative estimate of drug-likeness (QED) is 0.613. The van der Waals surface area contributed by atoms with Crippen LogP contribution >= 0.6 is 0 Å². The minimum Gasteiger partial charge on any atom is -0.491 e. The van der Waals surface area contributed by atoms with Crippen LogP contribution in [0.3, 0.4) is 0 Å². The highest BCUT2D eigenvalue weighted by molar-refractivity contribution is 5.79. The summed E-state index contributed by atoms with van der Waals surface area (Å²) in [7, 11) is 0. The number of β-amino-alcohol motifs (C(OH)–C–C–N with tert-alkyl or cyclic N) is 1. The maximum absolute atomic E-state index is 11.4. The van der Waals surface area contributed by atoms with Gasteiger partial charge in [0.1, 0.15) is 18.5 Å². The van der Waals surface area contributed by atoms with Gasteiger partial charge in [0.05, 0.1) is 0 Å². The molecule has 0 amide bonds.